The van der Waals surface area contributed by atoms with E-state index in [1.807, 2.05) is 0 Å². The molecule has 5 nitrogen and oxygen atoms in total. The standard InChI is InChI=1S/C16H16FNO4/c1-11(14-3-2-8-21-14)18-15(19)10-22-16(20)9-12-4-6-13(17)7-5-12/h2-8,11H,9-10H2,1H3,(H,18,19)/t11-/m1/s1. The van der Waals surface area contributed by atoms with Crippen molar-refractivity contribution in [3.05, 3.63) is 59.8 Å². The molecular formula is C16H16FNO4. The quantitative estimate of drug-likeness (QED) is 0.832. The van der Waals surface area contributed by atoms with E-state index >= 15 is 0 Å². The molecule has 22 heavy (non-hydrogen) atoms. The van der Waals surface area contributed by atoms with Gasteiger partial charge >= 0.3 is 5.97 Å². The van der Waals surface area contributed by atoms with E-state index < -0.39 is 11.9 Å². The smallest absolute Gasteiger partial charge is 0.310 e. The summed E-state index contributed by atoms with van der Waals surface area (Å²) in [5.74, 6) is -0.724. The first kappa shape index (κ1) is 15.8. The third-order valence-electron chi connectivity index (χ3n) is 2.97. The highest BCUT2D eigenvalue weighted by molar-refractivity contribution is 5.81. The number of ether oxygens (including phenoxy) is 1. The topological polar surface area (TPSA) is 68.5 Å². The summed E-state index contributed by atoms with van der Waals surface area (Å²) >= 11 is 0. The second-order valence-corrected chi connectivity index (χ2v) is 4.77. The maximum atomic E-state index is 12.7. The maximum Gasteiger partial charge on any atom is 0.310 e. The van der Waals surface area contributed by atoms with Crippen LogP contribution >= 0.6 is 0 Å². The lowest BCUT2D eigenvalue weighted by atomic mass is 10.1. The SMILES string of the molecule is C[C@@H](NC(=O)COC(=O)Cc1ccc(F)cc1)c1ccco1. The Morgan fingerprint density at radius 2 is 2.00 bits per heavy atom. The lowest BCUT2D eigenvalue weighted by Gasteiger charge is -2.11. The molecular weight excluding hydrogens is 289 g/mol. The van der Waals surface area contributed by atoms with Gasteiger partial charge in [-0.25, -0.2) is 4.39 Å². The summed E-state index contributed by atoms with van der Waals surface area (Å²) < 4.78 is 22.8. The number of carbonyl (C=O) groups excluding carboxylic acids is 2. The van der Waals surface area contributed by atoms with Gasteiger partial charge < -0.3 is 14.5 Å². The number of amides is 1. The predicted octanol–water partition coefficient (Wildman–Crippen LogP) is 2.38. The Labute approximate surface area is 127 Å². The fourth-order valence-corrected chi connectivity index (χ4v) is 1.86. The molecule has 0 unspecified atom stereocenters. The van der Waals surface area contributed by atoms with Crippen LogP contribution in [0.4, 0.5) is 4.39 Å². The summed E-state index contributed by atoms with van der Waals surface area (Å²) in [7, 11) is 0. The van der Waals surface area contributed by atoms with Crippen molar-refractivity contribution in [2.45, 2.75) is 19.4 Å². The highest BCUT2D eigenvalue weighted by atomic mass is 19.1. The molecule has 116 valence electrons. The number of esters is 1. The first-order valence-corrected chi connectivity index (χ1v) is 6.77. The number of benzene rings is 1. The van der Waals surface area contributed by atoms with Gasteiger partial charge in [0.1, 0.15) is 11.6 Å². The number of hydrogen-bond acceptors (Lipinski definition) is 4. The van der Waals surface area contributed by atoms with Gasteiger partial charge in [-0.3, -0.25) is 9.59 Å². The minimum atomic E-state index is -0.549. The second-order valence-electron chi connectivity index (χ2n) is 4.77. The number of nitrogens with one attached hydrogen (secondary N) is 1. The fourth-order valence-electron chi connectivity index (χ4n) is 1.86. The van der Waals surface area contributed by atoms with Crippen LogP contribution in [0.5, 0.6) is 0 Å². The summed E-state index contributed by atoms with van der Waals surface area (Å²) in [6, 6.07) is 8.68. The van der Waals surface area contributed by atoms with Crippen LogP contribution in [0.25, 0.3) is 0 Å². The summed E-state index contributed by atoms with van der Waals surface area (Å²) in [5, 5.41) is 2.65. The second kappa shape index (κ2) is 7.40. The van der Waals surface area contributed by atoms with Crippen LogP contribution in [0.3, 0.4) is 0 Å². The van der Waals surface area contributed by atoms with Crippen molar-refractivity contribution in [3.63, 3.8) is 0 Å². The van der Waals surface area contributed by atoms with E-state index in [0.29, 0.717) is 11.3 Å². The van der Waals surface area contributed by atoms with Crippen molar-refractivity contribution < 1.29 is 23.1 Å². The van der Waals surface area contributed by atoms with Gasteiger partial charge in [-0.1, -0.05) is 12.1 Å². The molecule has 0 bridgehead atoms. The number of furan rings is 1. The molecule has 1 aromatic heterocycles. The molecule has 1 heterocycles. The van der Waals surface area contributed by atoms with Crippen molar-refractivity contribution in [1.29, 1.82) is 0 Å². The van der Waals surface area contributed by atoms with Gasteiger partial charge in [-0.2, -0.15) is 0 Å². The Balaban J connectivity index is 1.73. The first-order valence-electron chi connectivity index (χ1n) is 6.77. The molecule has 0 saturated heterocycles. The third-order valence-corrected chi connectivity index (χ3v) is 2.97. The minimum Gasteiger partial charge on any atom is -0.467 e. The lowest BCUT2D eigenvalue weighted by molar-refractivity contribution is -0.148. The van der Waals surface area contributed by atoms with Gasteiger partial charge in [-0.15, -0.1) is 0 Å². The molecule has 0 spiro atoms. The zero-order chi connectivity index (χ0) is 15.9. The average molecular weight is 305 g/mol. The van der Waals surface area contributed by atoms with Crippen LogP contribution in [-0.2, 0) is 20.7 Å². The molecule has 2 aromatic rings. The van der Waals surface area contributed by atoms with E-state index in [4.69, 9.17) is 9.15 Å². The predicted molar refractivity (Wildman–Crippen MR) is 76.3 cm³/mol. The van der Waals surface area contributed by atoms with Crippen LogP contribution in [0.2, 0.25) is 0 Å². The van der Waals surface area contributed by atoms with Crippen molar-refractivity contribution in [1.82, 2.24) is 5.32 Å². The zero-order valence-electron chi connectivity index (χ0n) is 12.0. The molecule has 6 heteroatoms. The maximum absolute atomic E-state index is 12.7. The normalized spacial score (nSPS) is 11.7. The van der Waals surface area contributed by atoms with Crippen LogP contribution in [0.15, 0.2) is 47.1 Å². The van der Waals surface area contributed by atoms with E-state index in [9.17, 15) is 14.0 Å². The molecule has 1 amide bonds. The van der Waals surface area contributed by atoms with Gasteiger partial charge in [0.05, 0.1) is 18.7 Å². The highest BCUT2D eigenvalue weighted by Gasteiger charge is 2.13. The van der Waals surface area contributed by atoms with E-state index in [1.54, 1.807) is 19.1 Å². The summed E-state index contributed by atoms with van der Waals surface area (Å²) in [6.45, 7) is 1.39. The van der Waals surface area contributed by atoms with Crippen molar-refractivity contribution in [2.75, 3.05) is 6.61 Å². The van der Waals surface area contributed by atoms with Gasteiger partial charge in [0.2, 0.25) is 0 Å². The van der Waals surface area contributed by atoms with E-state index in [1.165, 1.54) is 30.5 Å². The molecule has 2 rings (SSSR count). The lowest BCUT2D eigenvalue weighted by Crippen LogP contribution is -2.31. The van der Waals surface area contributed by atoms with Gasteiger partial charge in [-0.05, 0) is 36.8 Å². The monoisotopic (exact) mass is 305 g/mol. The molecule has 0 saturated carbocycles. The van der Waals surface area contributed by atoms with Crippen LogP contribution < -0.4 is 5.32 Å². The number of rotatable bonds is 6. The van der Waals surface area contributed by atoms with Crippen LogP contribution in [-0.4, -0.2) is 18.5 Å². The van der Waals surface area contributed by atoms with Crippen LogP contribution in [0, 0.1) is 5.82 Å². The Hall–Kier alpha value is -2.63. The van der Waals surface area contributed by atoms with Gasteiger partial charge in [0.25, 0.3) is 5.91 Å². The van der Waals surface area contributed by atoms with Crippen molar-refractivity contribution in [3.8, 4) is 0 Å². The number of halogens is 1. The molecule has 0 aliphatic carbocycles. The molecule has 1 atom stereocenters. The Morgan fingerprint density at radius 1 is 1.27 bits per heavy atom. The summed E-state index contributed by atoms with van der Waals surface area (Å²) in [4.78, 5) is 23.3. The summed E-state index contributed by atoms with van der Waals surface area (Å²) in [6.07, 6.45) is 1.50. The first-order chi connectivity index (χ1) is 10.5. The van der Waals surface area contributed by atoms with Gasteiger partial charge in [0, 0.05) is 0 Å². The molecule has 0 fully saturated rings. The van der Waals surface area contributed by atoms with E-state index in [2.05, 4.69) is 5.32 Å². The summed E-state index contributed by atoms with van der Waals surface area (Å²) in [5.41, 5.74) is 0.621. The van der Waals surface area contributed by atoms with Crippen LogP contribution in [0.1, 0.15) is 24.3 Å². The Morgan fingerprint density at radius 3 is 2.64 bits per heavy atom. The largest absolute Gasteiger partial charge is 0.467 e. The van der Waals surface area contributed by atoms with E-state index in [0.717, 1.165) is 0 Å². The minimum absolute atomic E-state index is 0.0126. The van der Waals surface area contributed by atoms with Crippen molar-refractivity contribution >= 4 is 11.9 Å². The molecule has 0 aliphatic heterocycles. The average Bonchev–Trinajstić information content (AvgIpc) is 3.02. The van der Waals surface area contributed by atoms with E-state index in [-0.39, 0.29) is 24.9 Å². The third kappa shape index (κ3) is 4.73. The number of hydrogen-bond donors (Lipinski definition) is 1. The number of carbonyl (C=O) groups is 2. The Kier molecular flexibility index (Phi) is 5.30. The molecule has 1 aromatic carbocycles. The molecule has 1 N–H and O–H groups in total. The zero-order valence-corrected chi connectivity index (χ0v) is 12.0. The molecule has 0 aliphatic rings. The van der Waals surface area contributed by atoms with Gasteiger partial charge in [0.15, 0.2) is 6.61 Å². The fraction of sp³-hybridized carbons (Fsp3) is 0.250. The van der Waals surface area contributed by atoms with Crippen molar-refractivity contribution in [2.24, 2.45) is 0 Å². The Bertz CT molecular complexity index is 622. The molecule has 0 radical (unpaired) electrons. The highest BCUT2D eigenvalue weighted by Crippen LogP contribution is 2.11.